The third-order valence-electron chi connectivity index (χ3n) is 3.97. The summed E-state index contributed by atoms with van der Waals surface area (Å²) in [5.41, 5.74) is 10.4. The molecule has 0 bridgehead atoms. The van der Waals surface area contributed by atoms with Crippen LogP contribution in [0.5, 0.6) is 5.75 Å². The minimum Gasteiger partial charge on any atom is -0.494 e. The Morgan fingerprint density at radius 2 is 2.10 bits per heavy atom. The van der Waals surface area contributed by atoms with Gasteiger partial charge in [0.2, 0.25) is 0 Å². The second-order valence-corrected chi connectivity index (χ2v) is 6.01. The molecule has 0 amide bonds. The third-order valence-corrected chi connectivity index (χ3v) is 4.66. The highest BCUT2D eigenvalue weighted by Crippen LogP contribution is 2.44. The fourth-order valence-corrected chi connectivity index (χ4v) is 3.49. The van der Waals surface area contributed by atoms with Gasteiger partial charge in [0.1, 0.15) is 5.75 Å². The van der Waals surface area contributed by atoms with E-state index in [-0.39, 0.29) is 6.04 Å². The molecular weight excluding hydrogens is 314 g/mol. The minimum absolute atomic E-state index is 0.0231. The van der Waals surface area contributed by atoms with Crippen molar-refractivity contribution < 1.29 is 4.74 Å². The lowest BCUT2D eigenvalue weighted by Crippen LogP contribution is -2.29. The summed E-state index contributed by atoms with van der Waals surface area (Å²) in [5, 5.41) is 0. The number of hydrogen-bond donors (Lipinski definition) is 1. The van der Waals surface area contributed by atoms with E-state index in [2.05, 4.69) is 46.3 Å². The number of ether oxygens (including phenoxy) is 1. The molecule has 0 aromatic heterocycles. The van der Waals surface area contributed by atoms with E-state index in [1.807, 2.05) is 19.1 Å². The molecule has 3 rings (SSSR count). The molecule has 0 heterocycles. The van der Waals surface area contributed by atoms with Crippen molar-refractivity contribution in [3.05, 3.63) is 63.6 Å². The maximum atomic E-state index is 6.47. The van der Waals surface area contributed by atoms with Gasteiger partial charge >= 0.3 is 0 Å². The summed E-state index contributed by atoms with van der Waals surface area (Å²) in [4.78, 5) is 0. The Morgan fingerprint density at radius 3 is 2.80 bits per heavy atom. The first-order valence-electron chi connectivity index (χ1n) is 6.96. The molecule has 2 unspecified atom stereocenters. The lowest BCUT2D eigenvalue weighted by molar-refractivity contribution is 0.339. The smallest absolute Gasteiger partial charge is 0.120 e. The van der Waals surface area contributed by atoms with E-state index < -0.39 is 0 Å². The average Bonchev–Trinajstić information content (AvgIpc) is 2.40. The maximum Gasteiger partial charge on any atom is 0.120 e. The van der Waals surface area contributed by atoms with Gasteiger partial charge < -0.3 is 10.5 Å². The maximum absolute atomic E-state index is 6.47. The van der Waals surface area contributed by atoms with Crippen molar-refractivity contribution in [1.29, 1.82) is 0 Å². The highest BCUT2D eigenvalue weighted by atomic mass is 79.9. The molecule has 0 fully saturated rings. The van der Waals surface area contributed by atoms with Crippen molar-refractivity contribution in [2.75, 3.05) is 6.61 Å². The van der Waals surface area contributed by atoms with Crippen LogP contribution in [0, 0.1) is 0 Å². The van der Waals surface area contributed by atoms with Crippen LogP contribution in [0.2, 0.25) is 0 Å². The van der Waals surface area contributed by atoms with Gasteiger partial charge in [-0.1, -0.05) is 46.3 Å². The van der Waals surface area contributed by atoms with Gasteiger partial charge in [0, 0.05) is 16.4 Å². The zero-order valence-corrected chi connectivity index (χ0v) is 13.1. The molecule has 0 saturated carbocycles. The summed E-state index contributed by atoms with van der Waals surface area (Å²) >= 11 is 3.62. The van der Waals surface area contributed by atoms with Crippen molar-refractivity contribution in [3.8, 4) is 5.75 Å². The SMILES string of the molecule is CCOc1ccc(C(N)C2Cc3ccccc32)c(Br)c1. The molecule has 2 N–H and O–H groups in total. The zero-order valence-electron chi connectivity index (χ0n) is 11.5. The van der Waals surface area contributed by atoms with Gasteiger partial charge in [-0.25, -0.2) is 0 Å². The topological polar surface area (TPSA) is 35.2 Å². The monoisotopic (exact) mass is 331 g/mol. The Balaban J connectivity index is 1.84. The van der Waals surface area contributed by atoms with Crippen LogP contribution in [0.4, 0.5) is 0 Å². The number of hydrogen-bond acceptors (Lipinski definition) is 2. The second-order valence-electron chi connectivity index (χ2n) is 5.15. The van der Waals surface area contributed by atoms with E-state index in [1.54, 1.807) is 0 Å². The van der Waals surface area contributed by atoms with Gasteiger partial charge in [-0.15, -0.1) is 0 Å². The van der Waals surface area contributed by atoms with Crippen LogP contribution in [0.3, 0.4) is 0 Å². The predicted molar refractivity (Wildman–Crippen MR) is 85.1 cm³/mol. The number of halogens is 1. The summed E-state index contributed by atoms with van der Waals surface area (Å²) < 4.78 is 6.54. The van der Waals surface area contributed by atoms with Gasteiger partial charge in [-0.2, -0.15) is 0 Å². The Labute approximate surface area is 128 Å². The number of nitrogens with two attached hydrogens (primary N) is 1. The van der Waals surface area contributed by atoms with Crippen LogP contribution in [0.25, 0.3) is 0 Å². The van der Waals surface area contributed by atoms with E-state index in [4.69, 9.17) is 10.5 Å². The quantitative estimate of drug-likeness (QED) is 0.911. The molecule has 104 valence electrons. The van der Waals surface area contributed by atoms with Crippen LogP contribution < -0.4 is 10.5 Å². The highest BCUT2D eigenvalue weighted by molar-refractivity contribution is 9.10. The summed E-state index contributed by atoms with van der Waals surface area (Å²) in [6.07, 6.45) is 1.07. The normalized spacial score (nSPS) is 18.1. The van der Waals surface area contributed by atoms with Crippen LogP contribution >= 0.6 is 15.9 Å². The molecule has 2 aromatic carbocycles. The van der Waals surface area contributed by atoms with Crippen molar-refractivity contribution >= 4 is 15.9 Å². The molecule has 1 aliphatic rings. The van der Waals surface area contributed by atoms with Gasteiger partial charge in [0.25, 0.3) is 0 Å². The Morgan fingerprint density at radius 1 is 1.30 bits per heavy atom. The molecule has 20 heavy (non-hydrogen) atoms. The van der Waals surface area contributed by atoms with Crippen molar-refractivity contribution in [1.82, 2.24) is 0 Å². The first-order valence-corrected chi connectivity index (χ1v) is 7.75. The van der Waals surface area contributed by atoms with Crippen molar-refractivity contribution in [3.63, 3.8) is 0 Å². The second kappa shape index (κ2) is 5.58. The lowest BCUT2D eigenvalue weighted by atomic mass is 9.72. The molecule has 3 heteroatoms. The lowest BCUT2D eigenvalue weighted by Gasteiger charge is -2.35. The molecule has 2 atom stereocenters. The standard InChI is InChI=1S/C17H18BrNO/c1-2-20-12-7-8-14(16(18)10-12)17(19)15-9-11-5-3-4-6-13(11)15/h3-8,10,15,17H,2,9,19H2,1H3. The third kappa shape index (κ3) is 2.36. The first kappa shape index (κ1) is 13.7. The largest absolute Gasteiger partial charge is 0.494 e. The summed E-state index contributed by atoms with van der Waals surface area (Å²) in [6, 6.07) is 14.6. The Bertz CT molecular complexity index is 626. The van der Waals surface area contributed by atoms with E-state index in [9.17, 15) is 0 Å². The minimum atomic E-state index is 0.0231. The van der Waals surface area contributed by atoms with Gasteiger partial charge in [0.05, 0.1) is 6.61 Å². The average molecular weight is 332 g/mol. The number of benzene rings is 2. The summed E-state index contributed by atoms with van der Waals surface area (Å²) in [6.45, 7) is 2.66. The fourth-order valence-electron chi connectivity index (χ4n) is 2.87. The van der Waals surface area contributed by atoms with Gasteiger partial charge in [0.15, 0.2) is 0 Å². The molecule has 0 spiro atoms. The molecule has 0 radical (unpaired) electrons. The Kier molecular flexibility index (Phi) is 3.81. The van der Waals surface area contributed by atoms with Crippen LogP contribution in [0.15, 0.2) is 46.9 Å². The van der Waals surface area contributed by atoms with E-state index >= 15 is 0 Å². The first-order chi connectivity index (χ1) is 9.70. The molecule has 1 aliphatic carbocycles. The van der Waals surface area contributed by atoms with Crippen LogP contribution in [0.1, 0.15) is 35.6 Å². The van der Waals surface area contributed by atoms with Crippen molar-refractivity contribution in [2.24, 2.45) is 5.73 Å². The predicted octanol–water partition coefficient (Wildman–Crippen LogP) is 4.19. The van der Waals surface area contributed by atoms with Gasteiger partial charge in [-0.05, 0) is 42.2 Å². The molecular formula is C17H18BrNO. The Hall–Kier alpha value is -1.32. The fraction of sp³-hybridized carbons (Fsp3) is 0.294. The van der Waals surface area contributed by atoms with Crippen LogP contribution in [-0.2, 0) is 6.42 Å². The zero-order chi connectivity index (χ0) is 14.1. The summed E-state index contributed by atoms with van der Waals surface area (Å²) in [5.74, 6) is 1.30. The summed E-state index contributed by atoms with van der Waals surface area (Å²) in [7, 11) is 0. The van der Waals surface area contributed by atoms with E-state index in [0.717, 1.165) is 22.2 Å². The molecule has 0 aliphatic heterocycles. The number of fused-ring (bicyclic) bond motifs is 1. The molecule has 0 saturated heterocycles. The van der Waals surface area contributed by atoms with E-state index in [0.29, 0.717) is 12.5 Å². The molecule has 2 nitrogen and oxygen atoms in total. The van der Waals surface area contributed by atoms with E-state index in [1.165, 1.54) is 11.1 Å². The van der Waals surface area contributed by atoms with Gasteiger partial charge in [-0.3, -0.25) is 0 Å². The molecule has 2 aromatic rings. The highest BCUT2D eigenvalue weighted by Gasteiger charge is 2.32. The van der Waals surface area contributed by atoms with Crippen LogP contribution in [-0.4, -0.2) is 6.61 Å². The van der Waals surface area contributed by atoms with Crippen molar-refractivity contribution in [2.45, 2.75) is 25.3 Å². The number of rotatable bonds is 4.